The maximum Gasteiger partial charge on any atom is 0.266 e. The minimum atomic E-state index is -3.78. The predicted octanol–water partition coefficient (Wildman–Crippen LogP) is 2.93. The van der Waals surface area contributed by atoms with Crippen molar-refractivity contribution < 1.29 is 13.2 Å². The monoisotopic (exact) mass is 312 g/mol. The molecule has 1 N–H and O–H groups in total. The number of benzene rings is 1. The molecule has 0 saturated heterocycles. The molecule has 2 aromatic rings. The number of nitrogens with zero attached hydrogens (tertiary/aromatic N) is 1. The highest BCUT2D eigenvalue weighted by atomic mass is 35.5. The van der Waals surface area contributed by atoms with Crippen LogP contribution in [0.2, 0.25) is 5.02 Å². The predicted molar refractivity (Wildman–Crippen MR) is 77.7 cm³/mol. The Morgan fingerprint density at radius 1 is 1.30 bits per heavy atom. The van der Waals surface area contributed by atoms with Gasteiger partial charge < -0.3 is 4.74 Å². The summed E-state index contributed by atoms with van der Waals surface area (Å²) < 4.78 is 32.4. The third-order valence-corrected chi connectivity index (χ3v) is 4.03. The number of rotatable bonds is 5. The highest BCUT2D eigenvalue weighted by molar-refractivity contribution is 7.92. The van der Waals surface area contributed by atoms with Crippen molar-refractivity contribution in [3.8, 4) is 5.75 Å². The molecule has 5 nitrogen and oxygen atoms in total. The first-order valence-electron chi connectivity index (χ1n) is 5.89. The highest BCUT2D eigenvalue weighted by Gasteiger charge is 2.20. The fraction of sp³-hybridized carbons (Fsp3) is 0.154. The normalized spacial score (nSPS) is 11.1. The molecule has 0 spiro atoms. The number of anilines is 1. The summed E-state index contributed by atoms with van der Waals surface area (Å²) in [5.74, 6) is 0.452. The van der Waals surface area contributed by atoms with Gasteiger partial charge in [0.2, 0.25) is 0 Å². The van der Waals surface area contributed by atoms with E-state index in [2.05, 4.69) is 9.71 Å². The lowest BCUT2D eigenvalue weighted by Gasteiger charge is -2.12. The topological polar surface area (TPSA) is 68.3 Å². The van der Waals surface area contributed by atoms with Crippen LogP contribution in [0.3, 0.4) is 0 Å². The van der Waals surface area contributed by atoms with Crippen LogP contribution in [0, 0.1) is 0 Å². The molecule has 0 aliphatic carbocycles. The minimum Gasteiger partial charge on any atom is -0.492 e. The first-order valence-corrected chi connectivity index (χ1v) is 7.75. The molecule has 7 heteroatoms. The molecule has 0 aliphatic rings. The largest absolute Gasteiger partial charge is 0.492 e. The number of aromatic nitrogens is 1. The SMILES string of the molecule is CCOc1cc(Cl)ccc1S(=O)(=O)Nc1ccccn1. The standard InChI is InChI=1S/C13H13ClN2O3S/c1-2-19-11-9-10(14)6-7-12(11)20(17,18)16-13-5-3-4-8-15-13/h3-9H,2H2,1H3,(H,15,16). The van der Waals surface area contributed by atoms with Crippen molar-refractivity contribution in [1.82, 2.24) is 4.98 Å². The Labute approximate surface area is 122 Å². The van der Waals surface area contributed by atoms with Crippen molar-refractivity contribution in [3.05, 3.63) is 47.6 Å². The summed E-state index contributed by atoms with van der Waals surface area (Å²) in [7, 11) is -3.78. The van der Waals surface area contributed by atoms with Gasteiger partial charge in [0.25, 0.3) is 10.0 Å². The fourth-order valence-electron chi connectivity index (χ4n) is 1.59. The summed E-state index contributed by atoms with van der Waals surface area (Å²) in [5, 5.41) is 0.408. The van der Waals surface area contributed by atoms with Crippen molar-refractivity contribution in [2.45, 2.75) is 11.8 Å². The van der Waals surface area contributed by atoms with Crippen LogP contribution in [0.1, 0.15) is 6.92 Å². The number of hydrogen-bond acceptors (Lipinski definition) is 4. The molecule has 1 aromatic carbocycles. The molecule has 0 amide bonds. The molecule has 0 atom stereocenters. The second kappa shape index (κ2) is 6.11. The lowest BCUT2D eigenvalue weighted by molar-refractivity contribution is 0.331. The molecular formula is C13H13ClN2O3S. The molecular weight excluding hydrogens is 300 g/mol. The lowest BCUT2D eigenvalue weighted by Crippen LogP contribution is -2.15. The summed E-state index contributed by atoms with van der Waals surface area (Å²) in [6.07, 6.45) is 1.50. The van der Waals surface area contributed by atoms with Crippen LogP contribution in [0.4, 0.5) is 5.82 Å². The van der Waals surface area contributed by atoms with Crippen LogP contribution in [0.15, 0.2) is 47.5 Å². The molecule has 1 aromatic heterocycles. The fourth-order valence-corrected chi connectivity index (χ4v) is 2.89. The van der Waals surface area contributed by atoms with E-state index >= 15 is 0 Å². The van der Waals surface area contributed by atoms with E-state index in [1.54, 1.807) is 25.1 Å². The van der Waals surface area contributed by atoms with Gasteiger partial charge in [0.15, 0.2) is 0 Å². The average molecular weight is 313 g/mol. The van der Waals surface area contributed by atoms with E-state index in [-0.39, 0.29) is 16.5 Å². The van der Waals surface area contributed by atoms with Gasteiger partial charge in [-0.25, -0.2) is 13.4 Å². The van der Waals surface area contributed by atoms with Gasteiger partial charge in [0, 0.05) is 17.3 Å². The van der Waals surface area contributed by atoms with Gasteiger partial charge in [-0.15, -0.1) is 0 Å². The molecule has 20 heavy (non-hydrogen) atoms. The summed E-state index contributed by atoms with van der Waals surface area (Å²) in [4.78, 5) is 3.95. The Hall–Kier alpha value is -1.79. The number of ether oxygens (including phenoxy) is 1. The third kappa shape index (κ3) is 3.40. The number of nitrogens with one attached hydrogen (secondary N) is 1. The first kappa shape index (κ1) is 14.6. The van der Waals surface area contributed by atoms with Crippen molar-refractivity contribution >= 4 is 27.4 Å². The van der Waals surface area contributed by atoms with Gasteiger partial charge in [-0.1, -0.05) is 17.7 Å². The van der Waals surface area contributed by atoms with Gasteiger partial charge in [-0.3, -0.25) is 4.72 Å². The Balaban J connectivity index is 2.39. The Bertz CT molecular complexity index is 690. The van der Waals surface area contributed by atoms with E-state index in [0.29, 0.717) is 11.6 Å². The van der Waals surface area contributed by atoms with E-state index in [4.69, 9.17) is 16.3 Å². The third-order valence-electron chi connectivity index (χ3n) is 2.40. The molecule has 0 bridgehead atoms. The van der Waals surface area contributed by atoms with E-state index < -0.39 is 10.0 Å². The van der Waals surface area contributed by atoms with Crippen LogP contribution in [-0.4, -0.2) is 20.0 Å². The van der Waals surface area contributed by atoms with Crippen LogP contribution in [0.25, 0.3) is 0 Å². The first-order chi connectivity index (χ1) is 9.53. The number of hydrogen-bond donors (Lipinski definition) is 1. The Morgan fingerprint density at radius 2 is 2.10 bits per heavy atom. The maximum atomic E-state index is 12.3. The second-order valence-electron chi connectivity index (χ2n) is 3.84. The smallest absolute Gasteiger partial charge is 0.266 e. The highest BCUT2D eigenvalue weighted by Crippen LogP contribution is 2.28. The average Bonchev–Trinajstić information content (AvgIpc) is 2.39. The molecule has 1 heterocycles. The van der Waals surface area contributed by atoms with E-state index in [9.17, 15) is 8.42 Å². The van der Waals surface area contributed by atoms with Gasteiger partial charge in [0.1, 0.15) is 16.5 Å². The summed E-state index contributed by atoms with van der Waals surface area (Å²) >= 11 is 5.86. The number of sulfonamides is 1. The van der Waals surface area contributed by atoms with Crippen molar-refractivity contribution in [2.75, 3.05) is 11.3 Å². The van der Waals surface area contributed by atoms with Gasteiger partial charge in [-0.2, -0.15) is 0 Å². The molecule has 0 aliphatic heterocycles. The van der Waals surface area contributed by atoms with Crippen molar-refractivity contribution in [2.24, 2.45) is 0 Å². The lowest BCUT2D eigenvalue weighted by atomic mass is 10.3. The Kier molecular flexibility index (Phi) is 4.46. The van der Waals surface area contributed by atoms with Crippen LogP contribution >= 0.6 is 11.6 Å². The molecule has 0 fully saturated rings. The van der Waals surface area contributed by atoms with Gasteiger partial charge in [-0.05, 0) is 31.2 Å². The van der Waals surface area contributed by atoms with E-state index in [0.717, 1.165) is 0 Å². The van der Waals surface area contributed by atoms with Crippen LogP contribution in [-0.2, 0) is 10.0 Å². The summed E-state index contributed by atoms with van der Waals surface area (Å²) in [5.41, 5.74) is 0. The number of halogens is 1. The number of pyridine rings is 1. The maximum absolute atomic E-state index is 12.3. The molecule has 0 radical (unpaired) electrons. The zero-order valence-electron chi connectivity index (χ0n) is 10.7. The van der Waals surface area contributed by atoms with Crippen molar-refractivity contribution in [3.63, 3.8) is 0 Å². The zero-order valence-corrected chi connectivity index (χ0v) is 12.3. The van der Waals surface area contributed by atoms with E-state index in [1.807, 2.05) is 0 Å². The summed E-state index contributed by atoms with van der Waals surface area (Å²) in [6, 6.07) is 9.32. The van der Waals surface area contributed by atoms with Crippen LogP contribution < -0.4 is 9.46 Å². The molecule has 2 rings (SSSR count). The second-order valence-corrected chi connectivity index (χ2v) is 5.93. The van der Waals surface area contributed by atoms with Crippen molar-refractivity contribution in [1.29, 1.82) is 0 Å². The Morgan fingerprint density at radius 3 is 2.75 bits per heavy atom. The van der Waals surface area contributed by atoms with Crippen LogP contribution in [0.5, 0.6) is 5.75 Å². The van der Waals surface area contributed by atoms with E-state index in [1.165, 1.54) is 24.4 Å². The van der Waals surface area contributed by atoms with Gasteiger partial charge >= 0.3 is 0 Å². The van der Waals surface area contributed by atoms with Gasteiger partial charge in [0.05, 0.1) is 6.61 Å². The zero-order chi connectivity index (χ0) is 14.6. The quantitative estimate of drug-likeness (QED) is 0.921. The summed E-state index contributed by atoms with van der Waals surface area (Å²) in [6.45, 7) is 2.11. The molecule has 0 unspecified atom stereocenters. The molecule has 0 saturated carbocycles. The minimum absolute atomic E-state index is 0.0226. The molecule has 106 valence electrons.